The molecule has 0 fully saturated rings. The van der Waals surface area contributed by atoms with E-state index in [2.05, 4.69) is 24.1 Å². The second-order valence-electron chi connectivity index (χ2n) is 6.06. The van der Waals surface area contributed by atoms with E-state index in [1.54, 1.807) is 13.8 Å². The quantitative estimate of drug-likeness (QED) is 0.758. The largest absolute Gasteiger partial charge is 0.356 e. The molecule has 120 valence electrons. The maximum atomic E-state index is 11.9. The second-order valence-corrected chi connectivity index (χ2v) is 6.06. The number of nitrogens with zero attached hydrogens (tertiary/aromatic N) is 1. The van der Waals surface area contributed by atoms with E-state index in [0.29, 0.717) is 30.9 Å². The first-order valence-corrected chi connectivity index (χ1v) is 7.76. The lowest BCUT2D eigenvalue weighted by atomic mass is 9.99. The van der Waals surface area contributed by atoms with Crippen LogP contribution in [0.3, 0.4) is 0 Å². The van der Waals surface area contributed by atoms with Gasteiger partial charge in [0.15, 0.2) is 0 Å². The Morgan fingerprint density at radius 2 is 2.05 bits per heavy atom. The molecule has 0 atom stereocenters. The zero-order valence-electron chi connectivity index (χ0n) is 13.9. The Kier molecular flexibility index (Phi) is 6.84. The van der Waals surface area contributed by atoms with Crippen LogP contribution in [-0.4, -0.2) is 17.4 Å². The molecule has 0 unspecified atom stereocenters. The molecule has 2 N–H and O–H groups in total. The van der Waals surface area contributed by atoms with Crippen LogP contribution < -0.4 is 10.9 Å². The number of carbonyl (C=O) groups is 1. The van der Waals surface area contributed by atoms with Crippen molar-refractivity contribution >= 4 is 5.91 Å². The Morgan fingerprint density at radius 1 is 1.36 bits per heavy atom. The molecule has 1 heterocycles. The number of aryl methyl sites for hydroxylation is 1. The van der Waals surface area contributed by atoms with Crippen LogP contribution in [0.4, 0.5) is 0 Å². The Balaban J connectivity index is 2.60. The number of rotatable bonds is 7. The monoisotopic (exact) mass is 303 g/mol. The third-order valence-corrected chi connectivity index (χ3v) is 3.80. The van der Waals surface area contributed by atoms with Crippen molar-refractivity contribution in [2.45, 2.75) is 53.4 Å². The number of aromatic amines is 1. The van der Waals surface area contributed by atoms with Crippen molar-refractivity contribution < 1.29 is 4.79 Å². The minimum absolute atomic E-state index is 0.00673. The summed E-state index contributed by atoms with van der Waals surface area (Å²) in [4.78, 5) is 26.2. The van der Waals surface area contributed by atoms with E-state index in [1.807, 2.05) is 6.07 Å². The lowest BCUT2D eigenvalue weighted by Gasteiger charge is -2.11. The van der Waals surface area contributed by atoms with Gasteiger partial charge in [0.05, 0.1) is 0 Å². The zero-order chi connectivity index (χ0) is 16.7. The van der Waals surface area contributed by atoms with Gasteiger partial charge in [-0.15, -0.1) is 0 Å². The Hall–Kier alpha value is -2.09. The molecule has 1 rings (SSSR count). The standard InChI is InChI=1S/C17H25N3O2/c1-11(2)6-5-9-19-16(21)8-7-14-12(3)15(10-18)17(22)20-13(14)4/h11H,5-9H2,1-4H3,(H,19,21)(H,20,22). The van der Waals surface area contributed by atoms with Crippen LogP contribution in [0.25, 0.3) is 0 Å². The summed E-state index contributed by atoms with van der Waals surface area (Å²) < 4.78 is 0. The predicted molar refractivity (Wildman–Crippen MR) is 86.7 cm³/mol. The van der Waals surface area contributed by atoms with Gasteiger partial charge in [-0.1, -0.05) is 13.8 Å². The lowest BCUT2D eigenvalue weighted by Crippen LogP contribution is -2.25. The van der Waals surface area contributed by atoms with Gasteiger partial charge in [0.25, 0.3) is 5.56 Å². The summed E-state index contributed by atoms with van der Waals surface area (Å²) in [7, 11) is 0. The average Bonchev–Trinajstić information content (AvgIpc) is 2.43. The van der Waals surface area contributed by atoms with Gasteiger partial charge in [-0.2, -0.15) is 5.26 Å². The first-order chi connectivity index (χ1) is 10.4. The summed E-state index contributed by atoms with van der Waals surface area (Å²) in [5, 5.41) is 11.9. The fourth-order valence-electron chi connectivity index (χ4n) is 2.49. The van der Waals surface area contributed by atoms with Gasteiger partial charge in [0.2, 0.25) is 5.91 Å². The predicted octanol–water partition coefficient (Wildman–Crippen LogP) is 2.35. The number of hydrogen-bond donors (Lipinski definition) is 2. The maximum Gasteiger partial charge on any atom is 0.266 e. The number of H-pyrrole nitrogens is 1. The molecule has 5 nitrogen and oxygen atoms in total. The second kappa shape index (κ2) is 8.38. The third kappa shape index (κ3) is 5.03. The van der Waals surface area contributed by atoms with Crippen molar-refractivity contribution in [3.05, 3.63) is 32.7 Å². The molecule has 0 saturated heterocycles. The summed E-state index contributed by atoms with van der Waals surface area (Å²) in [6.07, 6.45) is 2.97. The van der Waals surface area contributed by atoms with Gasteiger partial charge >= 0.3 is 0 Å². The molecular weight excluding hydrogens is 278 g/mol. The van der Waals surface area contributed by atoms with E-state index in [-0.39, 0.29) is 17.0 Å². The summed E-state index contributed by atoms with van der Waals surface area (Å²) in [5.41, 5.74) is 2.07. The maximum absolute atomic E-state index is 11.9. The fraction of sp³-hybridized carbons (Fsp3) is 0.588. The fourth-order valence-corrected chi connectivity index (χ4v) is 2.49. The van der Waals surface area contributed by atoms with Gasteiger partial charge < -0.3 is 10.3 Å². The van der Waals surface area contributed by atoms with Crippen LogP contribution in [0.1, 0.15) is 55.5 Å². The molecule has 0 aliphatic carbocycles. The number of nitrogens with one attached hydrogen (secondary N) is 2. The van der Waals surface area contributed by atoms with E-state index >= 15 is 0 Å². The van der Waals surface area contributed by atoms with E-state index in [9.17, 15) is 9.59 Å². The van der Waals surface area contributed by atoms with Crippen molar-refractivity contribution in [3.8, 4) is 6.07 Å². The normalized spacial score (nSPS) is 10.5. The molecule has 0 radical (unpaired) electrons. The van der Waals surface area contributed by atoms with Crippen LogP contribution >= 0.6 is 0 Å². The first-order valence-electron chi connectivity index (χ1n) is 7.76. The Labute approximate surface area is 131 Å². The molecule has 0 bridgehead atoms. The molecule has 0 aromatic carbocycles. The summed E-state index contributed by atoms with van der Waals surface area (Å²) in [6.45, 7) is 8.58. The average molecular weight is 303 g/mol. The van der Waals surface area contributed by atoms with E-state index in [1.165, 1.54) is 0 Å². The molecule has 22 heavy (non-hydrogen) atoms. The molecule has 0 spiro atoms. The molecule has 0 aliphatic heterocycles. The SMILES string of the molecule is Cc1[nH]c(=O)c(C#N)c(C)c1CCC(=O)NCCCC(C)C. The molecule has 0 aliphatic rings. The highest BCUT2D eigenvalue weighted by Gasteiger charge is 2.13. The van der Waals surface area contributed by atoms with Crippen molar-refractivity contribution in [3.63, 3.8) is 0 Å². The minimum Gasteiger partial charge on any atom is -0.356 e. The van der Waals surface area contributed by atoms with E-state index < -0.39 is 0 Å². The van der Waals surface area contributed by atoms with Crippen molar-refractivity contribution in [2.75, 3.05) is 6.54 Å². The van der Waals surface area contributed by atoms with Gasteiger partial charge in [-0.25, -0.2) is 0 Å². The zero-order valence-corrected chi connectivity index (χ0v) is 13.9. The molecule has 1 aromatic rings. The number of pyridine rings is 1. The van der Waals surface area contributed by atoms with Crippen LogP contribution in [0, 0.1) is 31.1 Å². The molecule has 5 heteroatoms. The number of aromatic nitrogens is 1. The molecule has 0 saturated carbocycles. The Bertz CT molecular complexity index is 624. The third-order valence-electron chi connectivity index (χ3n) is 3.80. The van der Waals surface area contributed by atoms with Crippen LogP contribution in [-0.2, 0) is 11.2 Å². The highest BCUT2D eigenvalue weighted by atomic mass is 16.1. The van der Waals surface area contributed by atoms with Crippen molar-refractivity contribution in [2.24, 2.45) is 5.92 Å². The van der Waals surface area contributed by atoms with Gasteiger partial charge in [0.1, 0.15) is 11.6 Å². The lowest BCUT2D eigenvalue weighted by molar-refractivity contribution is -0.121. The Morgan fingerprint density at radius 3 is 2.64 bits per heavy atom. The number of hydrogen-bond acceptors (Lipinski definition) is 3. The topological polar surface area (TPSA) is 85.8 Å². The summed E-state index contributed by atoms with van der Waals surface area (Å²) in [5.74, 6) is 0.653. The minimum atomic E-state index is -0.362. The van der Waals surface area contributed by atoms with E-state index in [0.717, 1.165) is 24.1 Å². The molecule has 1 amide bonds. The smallest absolute Gasteiger partial charge is 0.266 e. The molecular formula is C17H25N3O2. The first kappa shape index (κ1) is 18.0. The molecule has 1 aromatic heterocycles. The number of amides is 1. The van der Waals surface area contributed by atoms with Crippen molar-refractivity contribution in [1.82, 2.24) is 10.3 Å². The van der Waals surface area contributed by atoms with Gasteiger partial charge in [-0.05, 0) is 50.2 Å². The number of carbonyl (C=O) groups excluding carboxylic acids is 1. The van der Waals surface area contributed by atoms with Crippen molar-refractivity contribution in [1.29, 1.82) is 5.26 Å². The summed E-state index contributed by atoms with van der Waals surface area (Å²) in [6, 6.07) is 1.93. The van der Waals surface area contributed by atoms with Crippen LogP contribution in [0.2, 0.25) is 0 Å². The van der Waals surface area contributed by atoms with Gasteiger partial charge in [0, 0.05) is 18.7 Å². The van der Waals surface area contributed by atoms with Crippen LogP contribution in [0.15, 0.2) is 4.79 Å². The highest BCUT2D eigenvalue weighted by molar-refractivity contribution is 5.76. The van der Waals surface area contributed by atoms with E-state index in [4.69, 9.17) is 5.26 Å². The summed E-state index contributed by atoms with van der Waals surface area (Å²) >= 11 is 0. The van der Waals surface area contributed by atoms with Crippen LogP contribution in [0.5, 0.6) is 0 Å². The number of nitriles is 1. The van der Waals surface area contributed by atoms with Gasteiger partial charge in [-0.3, -0.25) is 9.59 Å². The highest BCUT2D eigenvalue weighted by Crippen LogP contribution is 2.14.